The van der Waals surface area contributed by atoms with Crippen molar-refractivity contribution in [3.05, 3.63) is 17.7 Å². The molecule has 0 aromatic heterocycles. The molecule has 0 spiro atoms. The van der Waals surface area contributed by atoms with Gasteiger partial charge < -0.3 is 10.4 Å². The van der Waals surface area contributed by atoms with Crippen LogP contribution in [0.3, 0.4) is 0 Å². The van der Waals surface area contributed by atoms with Gasteiger partial charge in [-0.15, -0.1) is 0 Å². The lowest BCUT2D eigenvalue weighted by molar-refractivity contribution is 0.435. The average Bonchev–Trinajstić information content (AvgIpc) is 2.41. The van der Waals surface area contributed by atoms with E-state index in [1.165, 1.54) is 7.05 Å². The zero-order chi connectivity index (χ0) is 20.2. The van der Waals surface area contributed by atoms with Crippen LogP contribution in [0, 0.1) is 6.92 Å². The first-order valence-electron chi connectivity index (χ1n) is 6.54. The molecule has 11 nitrogen and oxygen atoms in total. The highest BCUT2D eigenvalue weighted by atomic mass is 32.2. The summed E-state index contributed by atoms with van der Waals surface area (Å²) in [5.74, 6) is -1.30. The molecule has 2 aromatic carbocycles. The Morgan fingerprint density at radius 2 is 1.35 bits per heavy atom. The number of anilines is 1. The number of aromatic hydroxyl groups is 1. The third-order valence-electron chi connectivity index (χ3n) is 3.57. The second-order valence-corrected chi connectivity index (χ2v) is 9.31. The van der Waals surface area contributed by atoms with E-state index < -0.39 is 56.2 Å². The van der Waals surface area contributed by atoms with Gasteiger partial charge in [-0.05, 0) is 30.0 Å². The fourth-order valence-electron chi connectivity index (χ4n) is 2.65. The fourth-order valence-corrected chi connectivity index (χ4v) is 5.48. The van der Waals surface area contributed by atoms with Gasteiger partial charge in [-0.25, -0.2) is 0 Å². The van der Waals surface area contributed by atoms with Gasteiger partial charge in [-0.1, -0.05) is 0 Å². The van der Waals surface area contributed by atoms with Gasteiger partial charge in [0.25, 0.3) is 30.4 Å². The summed E-state index contributed by atoms with van der Waals surface area (Å²) in [4.78, 5) is -3.51. The van der Waals surface area contributed by atoms with Gasteiger partial charge in [-0.3, -0.25) is 13.7 Å². The maximum absolute atomic E-state index is 11.6. The summed E-state index contributed by atoms with van der Waals surface area (Å²) in [7, 11) is -14.1. The van der Waals surface area contributed by atoms with Gasteiger partial charge in [0.05, 0.1) is 5.69 Å². The Kier molecular flexibility index (Phi) is 4.72. The number of phenols is 1. The maximum atomic E-state index is 11.6. The lowest BCUT2D eigenvalue weighted by atomic mass is 10.0. The van der Waals surface area contributed by atoms with E-state index in [0.717, 1.165) is 13.0 Å². The molecule has 14 heteroatoms. The minimum atomic E-state index is -5.34. The highest BCUT2D eigenvalue weighted by Gasteiger charge is 2.32. The van der Waals surface area contributed by atoms with Crippen LogP contribution in [0.4, 0.5) is 5.69 Å². The highest BCUT2D eigenvalue weighted by molar-refractivity contribution is 7.89. The quantitative estimate of drug-likeness (QED) is 0.429. The van der Waals surface area contributed by atoms with Crippen LogP contribution in [0.5, 0.6) is 5.75 Å². The molecule has 0 heterocycles. The number of benzene rings is 2. The molecule has 0 fully saturated rings. The predicted octanol–water partition coefficient (Wildman–Crippen LogP) is 0.636. The van der Waals surface area contributed by atoms with Gasteiger partial charge >= 0.3 is 0 Å². The Morgan fingerprint density at radius 3 is 1.73 bits per heavy atom. The molecular weight excluding hydrogens is 414 g/mol. The lowest BCUT2D eigenvalue weighted by Gasteiger charge is -2.16. The first kappa shape index (κ1) is 20.3. The van der Waals surface area contributed by atoms with Crippen molar-refractivity contribution in [2.45, 2.75) is 21.6 Å². The summed E-state index contributed by atoms with van der Waals surface area (Å²) in [6.45, 7) is 1.12. The van der Waals surface area contributed by atoms with Crippen molar-refractivity contribution >= 4 is 46.8 Å². The SMILES string of the molecule is CNc1cc2cc(S(=O)(=O)O)c(S(=O)(=O)O)c(O)c2c(C)c1S(=O)(=O)O. The van der Waals surface area contributed by atoms with E-state index >= 15 is 0 Å². The van der Waals surface area contributed by atoms with E-state index in [4.69, 9.17) is 0 Å². The monoisotopic (exact) mass is 427 g/mol. The Hall–Kier alpha value is -1.97. The standard InChI is InChI=1S/C12H13NO10S3/c1-5-9-6(3-7(13-2)11(5)25(18,19)20)4-8(24(15,16)17)12(10(9)14)26(21,22)23/h3-4,13-14H,1-2H3,(H,15,16,17)(H,18,19,20)(H,21,22,23). The predicted molar refractivity (Wildman–Crippen MR) is 89.3 cm³/mol. The topological polar surface area (TPSA) is 195 Å². The van der Waals surface area contributed by atoms with Gasteiger partial charge in [0.15, 0.2) is 4.90 Å². The minimum absolute atomic E-state index is 0.183. The Morgan fingerprint density at radius 1 is 0.846 bits per heavy atom. The molecule has 0 unspecified atom stereocenters. The van der Waals surface area contributed by atoms with E-state index in [2.05, 4.69) is 5.32 Å². The summed E-state index contributed by atoms with van der Waals surface area (Å²) in [5.41, 5.74) is -0.503. The minimum Gasteiger partial charge on any atom is -0.506 e. The first-order valence-corrected chi connectivity index (χ1v) is 10.9. The molecule has 26 heavy (non-hydrogen) atoms. The van der Waals surface area contributed by atoms with Crippen LogP contribution >= 0.6 is 0 Å². The fraction of sp³-hybridized carbons (Fsp3) is 0.167. The number of hydrogen-bond acceptors (Lipinski definition) is 8. The molecule has 0 aliphatic heterocycles. The van der Waals surface area contributed by atoms with Crippen molar-refractivity contribution in [3.63, 3.8) is 0 Å². The Balaban J connectivity index is 3.28. The number of aryl methyl sites for hydroxylation is 1. The number of nitrogens with one attached hydrogen (secondary N) is 1. The van der Waals surface area contributed by atoms with E-state index in [9.17, 15) is 44.0 Å². The highest BCUT2D eigenvalue weighted by Crippen LogP contribution is 2.42. The summed E-state index contributed by atoms with van der Waals surface area (Å²) >= 11 is 0. The molecule has 0 saturated carbocycles. The first-order chi connectivity index (χ1) is 11.6. The molecule has 0 aliphatic carbocycles. The van der Waals surface area contributed by atoms with Crippen LogP contribution in [0.15, 0.2) is 26.8 Å². The molecule has 0 amide bonds. The van der Waals surface area contributed by atoms with Crippen LogP contribution < -0.4 is 5.32 Å². The Bertz CT molecular complexity index is 1240. The van der Waals surface area contributed by atoms with Crippen molar-refractivity contribution < 1.29 is 44.0 Å². The second kappa shape index (κ2) is 6.04. The summed E-state index contributed by atoms with van der Waals surface area (Å²) < 4.78 is 97.1. The van der Waals surface area contributed by atoms with E-state index in [1.807, 2.05) is 0 Å². The molecule has 144 valence electrons. The van der Waals surface area contributed by atoms with Crippen LogP contribution in [0.1, 0.15) is 5.56 Å². The molecule has 0 atom stereocenters. The average molecular weight is 427 g/mol. The zero-order valence-electron chi connectivity index (χ0n) is 13.1. The molecule has 0 saturated heterocycles. The summed E-state index contributed by atoms with van der Waals surface area (Å²) in [6, 6.07) is 1.64. The number of hydrogen-bond donors (Lipinski definition) is 5. The van der Waals surface area contributed by atoms with Gasteiger partial charge in [0.2, 0.25) is 0 Å². The van der Waals surface area contributed by atoms with Crippen LogP contribution in [0.25, 0.3) is 10.8 Å². The van der Waals surface area contributed by atoms with Crippen LogP contribution in [0.2, 0.25) is 0 Å². The Labute approximate surface area is 148 Å². The van der Waals surface area contributed by atoms with E-state index in [-0.39, 0.29) is 16.6 Å². The molecular formula is C12H13NO10S3. The molecule has 0 radical (unpaired) electrons. The van der Waals surface area contributed by atoms with Gasteiger partial charge in [-0.2, -0.15) is 25.3 Å². The zero-order valence-corrected chi connectivity index (χ0v) is 15.6. The van der Waals surface area contributed by atoms with Crippen molar-refractivity contribution in [2.24, 2.45) is 0 Å². The summed E-state index contributed by atoms with van der Waals surface area (Å²) in [5, 5.41) is 12.1. The van der Waals surface area contributed by atoms with Crippen molar-refractivity contribution in [3.8, 4) is 5.75 Å². The third kappa shape index (κ3) is 3.34. The molecule has 2 rings (SSSR count). The molecule has 0 aliphatic rings. The number of phenolic OH excluding ortho intramolecular Hbond substituents is 1. The molecule has 0 bridgehead atoms. The third-order valence-corrected chi connectivity index (χ3v) is 6.55. The normalized spacial score (nSPS) is 13.1. The smallest absolute Gasteiger partial charge is 0.299 e. The number of fused-ring (bicyclic) bond motifs is 1. The van der Waals surface area contributed by atoms with E-state index in [1.54, 1.807) is 0 Å². The largest absolute Gasteiger partial charge is 0.506 e. The molecule has 2 aromatic rings. The maximum Gasteiger partial charge on any atom is 0.299 e. The summed E-state index contributed by atoms with van der Waals surface area (Å²) in [6.07, 6.45) is 0. The van der Waals surface area contributed by atoms with Crippen molar-refractivity contribution in [2.75, 3.05) is 12.4 Å². The van der Waals surface area contributed by atoms with Crippen LogP contribution in [-0.4, -0.2) is 51.1 Å². The van der Waals surface area contributed by atoms with Crippen LogP contribution in [-0.2, 0) is 30.4 Å². The number of rotatable bonds is 4. The van der Waals surface area contributed by atoms with Crippen molar-refractivity contribution in [1.29, 1.82) is 0 Å². The lowest BCUT2D eigenvalue weighted by Crippen LogP contribution is -2.11. The van der Waals surface area contributed by atoms with E-state index in [0.29, 0.717) is 6.07 Å². The van der Waals surface area contributed by atoms with Gasteiger partial charge in [0.1, 0.15) is 15.5 Å². The van der Waals surface area contributed by atoms with Crippen molar-refractivity contribution in [1.82, 2.24) is 0 Å². The van der Waals surface area contributed by atoms with Gasteiger partial charge in [0, 0.05) is 12.4 Å². The molecule has 5 N–H and O–H groups in total. The second-order valence-electron chi connectivity index (χ2n) is 5.20.